The minimum absolute atomic E-state index is 0.00671. The lowest BCUT2D eigenvalue weighted by Crippen LogP contribution is -1.90. The number of aryl methyl sites for hydroxylation is 1. The van der Waals surface area contributed by atoms with Crippen molar-refractivity contribution in [2.24, 2.45) is 0 Å². The molecule has 0 aliphatic carbocycles. The first-order valence-electron chi connectivity index (χ1n) is 3.93. The van der Waals surface area contributed by atoms with Gasteiger partial charge in [0.1, 0.15) is 4.49 Å². The summed E-state index contributed by atoms with van der Waals surface area (Å²) in [4.78, 5) is 0. The van der Waals surface area contributed by atoms with E-state index >= 15 is 0 Å². The molecule has 1 aromatic rings. The highest BCUT2D eigenvalue weighted by Crippen LogP contribution is 2.35. The molecule has 0 nitrogen and oxygen atoms in total. The quantitative estimate of drug-likeness (QED) is 0.651. The van der Waals surface area contributed by atoms with Gasteiger partial charge in [0.2, 0.25) is 0 Å². The zero-order valence-corrected chi connectivity index (χ0v) is 10.4. The number of hydrogen-bond donors (Lipinski definition) is 0. The van der Waals surface area contributed by atoms with Crippen molar-refractivity contribution < 1.29 is 0 Å². The largest absolute Gasteiger partial charge is 0.123 e. The summed E-state index contributed by atoms with van der Waals surface area (Å²) in [5, 5.41) is -0.235. The molecule has 0 saturated carbocycles. The minimum Gasteiger partial charge on any atom is -0.112 e. The number of alkyl halides is 1. The van der Waals surface area contributed by atoms with Gasteiger partial charge in [0.05, 0.1) is 10.4 Å². The lowest BCUT2D eigenvalue weighted by molar-refractivity contribution is 1.18. The van der Waals surface area contributed by atoms with E-state index in [1.54, 1.807) is 0 Å². The standard InChI is InChI=1S/C10H8Cl4/c1-6-2-4-7(5-3-6)8(11)9(12)10(13)14/h2-5,8H,1H3. The van der Waals surface area contributed by atoms with Crippen LogP contribution in [0.25, 0.3) is 0 Å². The molecule has 1 atom stereocenters. The molecule has 0 radical (unpaired) electrons. The van der Waals surface area contributed by atoms with Gasteiger partial charge in [-0.25, -0.2) is 0 Å². The van der Waals surface area contributed by atoms with Crippen molar-refractivity contribution in [1.29, 1.82) is 0 Å². The van der Waals surface area contributed by atoms with E-state index in [1.165, 1.54) is 0 Å². The van der Waals surface area contributed by atoms with E-state index in [9.17, 15) is 0 Å². The van der Waals surface area contributed by atoms with E-state index < -0.39 is 5.38 Å². The summed E-state index contributed by atoms with van der Waals surface area (Å²) in [5.74, 6) is 0. The summed E-state index contributed by atoms with van der Waals surface area (Å²) >= 11 is 22.9. The van der Waals surface area contributed by atoms with Crippen LogP contribution >= 0.6 is 46.4 Å². The van der Waals surface area contributed by atoms with Crippen molar-refractivity contribution in [3.63, 3.8) is 0 Å². The third kappa shape index (κ3) is 3.06. The number of allylic oxidation sites excluding steroid dienone is 1. The Labute approximate surface area is 103 Å². The molecule has 0 heterocycles. The van der Waals surface area contributed by atoms with Gasteiger partial charge in [0.25, 0.3) is 0 Å². The molecule has 0 saturated heterocycles. The maximum absolute atomic E-state index is 6.05. The van der Waals surface area contributed by atoms with Crippen LogP contribution in [0, 0.1) is 6.92 Å². The summed E-state index contributed by atoms with van der Waals surface area (Å²) in [6.45, 7) is 2.00. The normalized spacial score (nSPS) is 12.4. The van der Waals surface area contributed by atoms with Crippen molar-refractivity contribution in [2.75, 3.05) is 0 Å². The van der Waals surface area contributed by atoms with Crippen molar-refractivity contribution in [3.8, 4) is 0 Å². The van der Waals surface area contributed by atoms with Gasteiger partial charge in [-0.05, 0) is 12.5 Å². The summed E-state index contributed by atoms with van der Waals surface area (Å²) in [6, 6.07) is 7.70. The topological polar surface area (TPSA) is 0 Å². The zero-order valence-electron chi connectivity index (χ0n) is 7.40. The van der Waals surface area contributed by atoms with Gasteiger partial charge < -0.3 is 0 Å². The fourth-order valence-corrected chi connectivity index (χ4v) is 1.69. The van der Waals surface area contributed by atoms with E-state index in [-0.39, 0.29) is 9.52 Å². The molecule has 0 fully saturated rings. The zero-order chi connectivity index (χ0) is 10.7. The molecule has 76 valence electrons. The van der Waals surface area contributed by atoms with Crippen molar-refractivity contribution in [2.45, 2.75) is 12.3 Å². The lowest BCUT2D eigenvalue weighted by atomic mass is 10.1. The highest BCUT2D eigenvalue weighted by Gasteiger charge is 2.14. The third-order valence-corrected chi connectivity index (χ3v) is 3.36. The Morgan fingerprint density at radius 2 is 1.57 bits per heavy atom. The van der Waals surface area contributed by atoms with Gasteiger partial charge in [0.15, 0.2) is 0 Å². The second-order valence-electron chi connectivity index (χ2n) is 2.88. The van der Waals surface area contributed by atoms with Crippen LogP contribution in [0.15, 0.2) is 33.8 Å². The Hall–Kier alpha value is 0.120. The smallest absolute Gasteiger partial charge is 0.112 e. The average molecular weight is 270 g/mol. The van der Waals surface area contributed by atoms with E-state index in [4.69, 9.17) is 46.4 Å². The number of benzene rings is 1. The van der Waals surface area contributed by atoms with Gasteiger partial charge in [0, 0.05) is 0 Å². The average Bonchev–Trinajstić information content (AvgIpc) is 2.16. The molecule has 0 aliphatic heterocycles. The molecular formula is C10H8Cl4. The van der Waals surface area contributed by atoms with E-state index in [0.717, 1.165) is 11.1 Å². The predicted molar refractivity (Wildman–Crippen MR) is 64.4 cm³/mol. The molecule has 0 aromatic heterocycles. The Kier molecular flexibility index (Phi) is 4.59. The molecule has 0 N–H and O–H groups in total. The van der Waals surface area contributed by atoms with Gasteiger partial charge in [-0.15, -0.1) is 11.6 Å². The van der Waals surface area contributed by atoms with Gasteiger partial charge in [-0.3, -0.25) is 0 Å². The van der Waals surface area contributed by atoms with E-state index in [0.29, 0.717) is 0 Å². The minimum atomic E-state index is -0.484. The first-order chi connectivity index (χ1) is 6.52. The lowest BCUT2D eigenvalue weighted by Gasteiger charge is -2.08. The summed E-state index contributed by atoms with van der Waals surface area (Å²) in [6.07, 6.45) is 0. The number of halogens is 4. The van der Waals surface area contributed by atoms with Crippen LogP contribution in [-0.2, 0) is 0 Å². The molecule has 14 heavy (non-hydrogen) atoms. The van der Waals surface area contributed by atoms with Crippen molar-refractivity contribution in [3.05, 3.63) is 44.9 Å². The maximum Gasteiger partial charge on any atom is 0.123 e. The summed E-state index contributed by atoms with van der Waals surface area (Å²) in [7, 11) is 0. The van der Waals surface area contributed by atoms with Crippen LogP contribution in [-0.4, -0.2) is 0 Å². The van der Waals surface area contributed by atoms with Crippen LogP contribution in [0.4, 0.5) is 0 Å². The van der Waals surface area contributed by atoms with Crippen molar-refractivity contribution in [1.82, 2.24) is 0 Å². The highest BCUT2D eigenvalue weighted by molar-refractivity contribution is 6.60. The van der Waals surface area contributed by atoms with E-state index in [1.807, 2.05) is 31.2 Å². The van der Waals surface area contributed by atoms with Gasteiger partial charge >= 0.3 is 0 Å². The highest BCUT2D eigenvalue weighted by atomic mass is 35.5. The molecular weight excluding hydrogens is 262 g/mol. The number of hydrogen-bond acceptors (Lipinski definition) is 0. The van der Waals surface area contributed by atoms with Crippen LogP contribution < -0.4 is 0 Å². The van der Waals surface area contributed by atoms with Crippen LogP contribution in [0.5, 0.6) is 0 Å². The molecule has 4 heteroatoms. The summed E-state index contributed by atoms with van der Waals surface area (Å²) < 4.78 is 0.00671. The molecule has 1 aromatic carbocycles. The molecule has 1 unspecified atom stereocenters. The first-order valence-corrected chi connectivity index (χ1v) is 5.50. The summed E-state index contributed by atoms with van der Waals surface area (Å²) in [5.41, 5.74) is 2.04. The predicted octanol–water partition coefficient (Wildman–Crippen LogP) is 5.16. The van der Waals surface area contributed by atoms with Crippen molar-refractivity contribution >= 4 is 46.4 Å². The SMILES string of the molecule is Cc1ccc(C(Cl)C(Cl)=C(Cl)Cl)cc1. The second-order valence-corrected chi connectivity index (χ2v) is 4.67. The molecule has 0 bridgehead atoms. The Morgan fingerprint density at radius 3 is 2.00 bits per heavy atom. The Bertz CT molecular complexity index is 336. The van der Waals surface area contributed by atoms with Crippen LogP contribution in [0.3, 0.4) is 0 Å². The number of rotatable bonds is 2. The van der Waals surface area contributed by atoms with E-state index in [2.05, 4.69) is 0 Å². The van der Waals surface area contributed by atoms with Crippen LogP contribution in [0.1, 0.15) is 16.5 Å². The monoisotopic (exact) mass is 268 g/mol. The third-order valence-electron chi connectivity index (χ3n) is 1.77. The van der Waals surface area contributed by atoms with Gasteiger partial charge in [-0.2, -0.15) is 0 Å². The van der Waals surface area contributed by atoms with Crippen LogP contribution in [0.2, 0.25) is 0 Å². The maximum atomic E-state index is 6.05. The molecule has 1 rings (SSSR count). The fourth-order valence-electron chi connectivity index (χ4n) is 0.978. The Balaban J connectivity index is 2.96. The molecule has 0 spiro atoms. The molecule has 0 aliphatic rings. The van der Waals surface area contributed by atoms with Gasteiger partial charge in [-0.1, -0.05) is 64.6 Å². The molecule has 0 amide bonds. The first kappa shape index (κ1) is 12.2. The Morgan fingerprint density at radius 1 is 1.07 bits per heavy atom. The second kappa shape index (κ2) is 5.27. The fraction of sp³-hybridized carbons (Fsp3) is 0.200.